The molecule has 1 unspecified atom stereocenters. The summed E-state index contributed by atoms with van der Waals surface area (Å²) in [6.45, 7) is 0.111. The smallest absolute Gasteiger partial charge is 0.318 e. The molecule has 1 atom stereocenters. The average Bonchev–Trinajstić information content (AvgIpc) is 2.99. The molecule has 10 heteroatoms. The van der Waals surface area contributed by atoms with Crippen LogP contribution in [0.3, 0.4) is 0 Å². The Morgan fingerprint density at radius 2 is 2.26 bits per heavy atom. The molecule has 1 aliphatic heterocycles. The average molecular weight is 345 g/mol. The quantitative estimate of drug-likeness (QED) is 0.697. The normalized spacial score (nSPS) is 19.0. The number of carboxylic acid groups (broad SMARTS) is 1. The number of hydrogen-bond donors (Lipinski definition) is 2. The minimum Gasteiger partial charge on any atom is -0.480 e. The lowest BCUT2D eigenvalue weighted by Crippen LogP contribution is -2.51. The molecule has 128 valence electrons. The molecule has 0 aromatic carbocycles. The SMILES string of the molecule is CS(=O)(=O)N(CC(=O)O)CC1CN(C(=O)c2ccc[nH]2)CCO1. The van der Waals surface area contributed by atoms with Gasteiger partial charge in [-0.15, -0.1) is 0 Å². The van der Waals surface area contributed by atoms with Gasteiger partial charge in [0.05, 0.1) is 19.0 Å². The molecule has 0 radical (unpaired) electrons. The monoisotopic (exact) mass is 345 g/mol. The number of hydrogen-bond acceptors (Lipinski definition) is 5. The molecule has 23 heavy (non-hydrogen) atoms. The third-order valence-electron chi connectivity index (χ3n) is 3.44. The van der Waals surface area contributed by atoms with Gasteiger partial charge in [0.1, 0.15) is 12.2 Å². The minimum absolute atomic E-state index is 0.111. The largest absolute Gasteiger partial charge is 0.480 e. The summed E-state index contributed by atoms with van der Waals surface area (Å²) in [5.74, 6) is -1.45. The Bertz CT molecular complexity index is 657. The molecule has 1 aliphatic rings. The van der Waals surface area contributed by atoms with Gasteiger partial charge >= 0.3 is 5.97 Å². The first-order valence-corrected chi connectivity index (χ1v) is 8.83. The Morgan fingerprint density at radius 3 is 2.83 bits per heavy atom. The Labute approximate surface area is 133 Å². The van der Waals surface area contributed by atoms with Crippen LogP contribution in [0.15, 0.2) is 18.3 Å². The molecule has 1 amide bonds. The minimum atomic E-state index is -3.68. The number of carbonyl (C=O) groups is 2. The maximum absolute atomic E-state index is 12.3. The highest BCUT2D eigenvalue weighted by atomic mass is 32.2. The number of morpholine rings is 1. The van der Waals surface area contributed by atoms with Gasteiger partial charge in [0.2, 0.25) is 10.0 Å². The zero-order valence-electron chi connectivity index (χ0n) is 12.6. The van der Waals surface area contributed by atoms with Gasteiger partial charge in [0.15, 0.2) is 0 Å². The molecule has 2 N–H and O–H groups in total. The second kappa shape index (κ2) is 7.11. The molecule has 0 aliphatic carbocycles. The van der Waals surface area contributed by atoms with Crippen molar-refractivity contribution in [2.45, 2.75) is 6.10 Å². The Balaban J connectivity index is 2.02. The van der Waals surface area contributed by atoms with E-state index in [1.54, 1.807) is 23.2 Å². The van der Waals surface area contributed by atoms with Gasteiger partial charge in [-0.05, 0) is 12.1 Å². The summed E-state index contributed by atoms with van der Waals surface area (Å²) in [5.41, 5.74) is 0.441. The Morgan fingerprint density at radius 1 is 1.52 bits per heavy atom. The molecule has 1 aromatic rings. The number of rotatable bonds is 6. The molecule has 2 rings (SSSR count). The zero-order valence-corrected chi connectivity index (χ0v) is 13.5. The van der Waals surface area contributed by atoms with Gasteiger partial charge in [-0.1, -0.05) is 0 Å². The van der Waals surface area contributed by atoms with Gasteiger partial charge in [-0.25, -0.2) is 8.42 Å². The van der Waals surface area contributed by atoms with E-state index < -0.39 is 28.6 Å². The number of nitrogens with zero attached hydrogens (tertiary/aromatic N) is 2. The lowest BCUT2D eigenvalue weighted by Gasteiger charge is -2.34. The predicted octanol–water partition coefficient (Wildman–Crippen LogP) is -0.798. The molecule has 0 bridgehead atoms. The van der Waals surface area contributed by atoms with Crippen LogP contribution in [-0.2, 0) is 19.6 Å². The van der Waals surface area contributed by atoms with Crippen molar-refractivity contribution in [1.82, 2.24) is 14.2 Å². The van der Waals surface area contributed by atoms with E-state index in [1.807, 2.05) is 0 Å². The van der Waals surface area contributed by atoms with E-state index in [-0.39, 0.29) is 25.6 Å². The van der Waals surface area contributed by atoms with Crippen LogP contribution in [0.5, 0.6) is 0 Å². The van der Waals surface area contributed by atoms with E-state index in [0.29, 0.717) is 12.2 Å². The number of carbonyl (C=O) groups excluding carboxylic acids is 1. The number of nitrogens with one attached hydrogen (secondary N) is 1. The van der Waals surface area contributed by atoms with Gasteiger partial charge < -0.3 is 19.7 Å². The molecular weight excluding hydrogens is 326 g/mol. The standard InChI is InChI=1S/C13H19N3O6S/c1-23(20,21)16(9-12(17)18)8-10-7-15(5-6-22-10)13(19)11-3-2-4-14-11/h2-4,10,14H,5-9H2,1H3,(H,17,18). The van der Waals surface area contributed by atoms with Crippen molar-refractivity contribution in [2.75, 3.05) is 39.0 Å². The van der Waals surface area contributed by atoms with E-state index in [0.717, 1.165) is 10.6 Å². The number of sulfonamides is 1. The van der Waals surface area contributed by atoms with Gasteiger partial charge in [0.25, 0.3) is 5.91 Å². The highest BCUT2D eigenvalue weighted by Gasteiger charge is 2.30. The maximum Gasteiger partial charge on any atom is 0.318 e. The van der Waals surface area contributed by atoms with Crippen molar-refractivity contribution in [3.8, 4) is 0 Å². The fourth-order valence-corrected chi connectivity index (χ4v) is 3.13. The van der Waals surface area contributed by atoms with E-state index >= 15 is 0 Å². The molecule has 0 spiro atoms. The number of aromatic amines is 1. The van der Waals surface area contributed by atoms with Crippen molar-refractivity contribution in [3.63, 3.8) is 0 Å². The van der Waals surface area contributed by atoms with Crippen LogP contribution in [0.2, 0.25) is 0 Å². The first kappa shape index (κ1) is 17.4. The summed E-state index contributed by atoms with van der Waals surface area (Å²) in [6, 6.07) is 3.36. The van der Waals surface area contributed by atoms with Crippen LogP contribution < -0.4 is 0 Å². The lowest BCUT2D eigenvalue weighted by atomic mass is 10.2. The maximum atomic E-state index is 12.3. The van der Waals surface area contributed by atoms with Gasteiger partial charge in [0, 0.05) is 25.8 Å². The fraction of sp³-hybridized carbons (Fsp3) is 0.538. The highest BCUT2D eigenvalue weighted by molar-refractivity contribution is 7.88. The molecule has 1 aromatic heterocycles. The van der Waals surface area contributed by atoms with Crippen molar-refractivity contribution in [2.24, 2.45) is 0 Å². The number of H-pyrrole nitrogens is 1. The number of aliphatic carboxylic acids is 1. The van der Waals surface area contributed by atoms with E-state index in [4.69, 9.17) is 9.84 Å². The molecule has 1 fully saturated rings. The lowest BCUT2D eigenvalue weighted by molar-refractivity contribution is -0.137. The molecule has 2 heterocycles. The third kappa shape index (κ3) is 4.78. The first-order chi connectivity index (χ1) is 10.8. The van der Waals surface area contributed by atoms with Crippen LogP contribution in [0.4, 0.5) is 0 Å². The Hall–Kier alpha value is -1.91. The summed E-state index contributed by atoms with van der Waals surface area (Å²) in [7, 11) is -3.68. The number of aromatic nitrogens is 1. The molecular formula is C13H19N3O6S. The number of amides is 1. The van der Waals surface area contributed by atoms with Crippen molar-refractivity contribution < 1.29 is 27.9 Å². The van der Waals surface area contributed by atoms with Crippen LogP contribution in [0.1, 0.15) is 10.5 Å². The predicted molar refractivity (Wildman–Crippen MR) is 80.5 cm³/mol. The second-order valence-corrected chi connectivity index (χ2v) is 7.26. The fourth-order valence-electron chi connectivity index (χ4n) is 2.34. The van der Waals surface area contributed by atoms with Gasteiger partial charge in [-0.2, -0.15) is 4.31 Å². The summed E-state index contributed by atoms with van der Waals surface area (Å²) < 4.78 is 29.6. The first-order valence-electron chi connectivity index (χ1n) is 6.98. The van der Waals surface area contributed by atoms with Crippen molar-refractivity contribution in [3.05, 3.63) is 24.0 Å². The van der Waals surface area contributed by atoms with E-state index in [9.17, 15) is 18.0 Å². The topological polar surface area (TPSA) is 120 Å². The summed E-state index contributed by atoms with van der Waals surface area (Å²) in [5, 5.41) is 8.83. The summed E-state index contributed by atoms with van der Waals surface area (Å²) in [6.07, 6.45) is 2.01. The zero-order chi connectivity index (χ0) is 17.0. The number of carboxylic acids is 1. The van der Waals surface area contributed by atoms with E-state index in [1.165, 1.54) is 0 Å². The number of ether oxygens (including phenoxy) is 1. The highest BCUT2D eigenvalue weighted by Crippen LogP contribution is 2.12. The third-order valence-corrected chi connectivity index (χ3v) is 4.66. The van der Waals surface area contributed by atoms with Crippen molar-refractivity contribution in [1.29, 1.82) is 0 Å². The second-order valence-electron chi connectivity index (χ2n) is 5.28. The van der Waals surface area contributed by atoms with Gasteiger partial charge in [-0.3, -0.25) is 9.59 Å². The summed E-state index contributed by atoms with van der Waals surface area (Å²) in [4.78, 5) is 27.5. The molecule has 0 saturated carbocycles. The van der Waals surface area contributed by atoms with Crippen LogP contribution in [0.25, 0.3) is 0 Å². The van der Waals surface area contributed by atoms with E-state index in [2.05, 4.69) is 4.98 Å². The van der Waals surface area contributed by atoms with Crippen LogP contribution >= 0.6 is 0 Å². The van der Waals surface area contributed by atoms with Crippen LogP contribution in [0, 0.1) is 0 Å². The van der Waals surface area contributed by atoms with Crippen LogP contribution in [-0.4, -0.2) is 84.7 Å². The Kier molecular flexibility index (Phi) is 5.39. The van der Waals surface area contributed by atoms with Crippen molar-refractivity contribution >= 4 is 21.9 Å². The molecule has 1 saturated heterocycles. The molecule has 9 nitrogen and oxygen atoms in total. The summed E-state index contributed by atoms with van der Waals surface area (Å²) >= 11 is 0.